The van der Waals surface area contributed by atoms with Crippen LogP contribution in [0.2, 0.25) is 0 Å². The van der Waals surface area contributed by atoms with E-state index >= 15 is 0 Å². The predicted octanol–water partition coefficient (Wildman–Crippen LogP) is 7.07. The molecule has 2 heteroatoms. The first-order valence-corrected chi connectivity index (χ1v) is 10.2. The van der Waals surface area contributed by atoms with E-state index < -0.39 is 0 Å². The third-order valence-electron chi connectivity index (χ3n) is 4.05. The fourth-order valence-corrected chi connectivity index (χ4v) is 4.51. The highest BCUT2D eigenvalue weighted by atomic mass is 33.1. The molecule has 0 fully saturated rings. The first kappa shape index (κ1) is 15.7. The molecule has 0 aliphatic carbocycles. The van der Waals surface area contributed by atoms with Gasteiger partial charge in [0.1, 0.15) is 0 Å². The highest BCUT2D eigenvalue weighted by Gasteiger charge is 2.11. The molecule has 0 nitrogen and oxygen atoms in total. The maximum absolute atomic E-state index is 3.36. The minimum Gasteiger partial charge on any atom is -0.0745 e. The maximum Gasteiger partial charge on any atom is 0.0333 e. The van der Waals surface area contributed by atoms with Crippen LogP contribution in [0.3, 0.4) is 0 Å². The highest BCUT2D eigenvalue weighted by Crippen LogP contribution is 2.36. The van der Waals surface area contributed by atoms with Crippen LogP contribution >= 0.6 is 21.6 Å². The van der Waals surface area contributed by atoms with E-state index in [-0.39, 0.29) is 4.75 Å². The molecule has 0 amide bonds. The van der Waals surface area contributed by atoms with E-state index in [0.29, 0.717) is 0 Å². The molecule has 0 N–H and O–H groups in total. The zero-order chi connectivity index (χ0) is 16.7. The van der Waals surface area contributed by atoms with Crippen LogP contribution in [0, 0.1) is 11.2 Å². The van der Waals surface area contributed by atoms with Crippen molar-refractivity contribution in [1.82, 2.24) is 0 Å². The van der Waals surface area contributed by atoms with E-state index in [2.05, 4.69) is 86.5 Å². The molecule has 4 rings (SSSR count). The Bertz CT molecular complexity index is 1080. The SMILES string of the molecule is CC(C)(C)SSC#Cc1ccc2ccc3cccc4ccc1c2c34. The van der Waals surface area contributed by atoms with Gasteiger partial charge in [-0.2, -0.15) is 0 Å². The topological polar surface area (TPSA) is 0 Å². The molecular weight excluding hydrogens is 328 g/mol. The van der Waals surface area contributed by atoms with Gasteiger partial charge in [0.05, 0.1) is 0 Å². The summed E-state index contributed by atoms with van der Waals surface area (Å²) >= 11 is 0. The Kier molecular flexibility index (Phi) is 3.87. The Labute approximate surface area is 150 Å². The van der Waals surface area contributed by atoms with Crippen LogP contribution in [-0.4, -0.2) is 4.75 Å². The van der Waals surface area contributed by atoms with E-state index in [1.54, 1.807) is 10.8 Å². The lowest BCUT2D eigenvalue weighted by molar-refractivity contribution is 0.810. The molecule has 0 heterocycles. The van der Waals surface area contributed by atoms with Gasteiger partial charge in [0.25, 0.3) is 0 Å². The number of benzene rings is 4. The van der Waals surface area contributed by atoms with Crippen molar-refractivity contribution >= 4 is 53.9 Å². The summed E-state index contributed by atoms with van der Waals surface area (Å²) in [5, 5.41) is 11.1. The minimum atomic E-state index is 0.224. The normalized spacial score (nSPS) is 12.0. The molecule has 24 heavy (non-hydrogen) atoms. The standard InChI is InChI=1S/C22H18S2/c1-22(2,3)24-23-14-13-15-7-8-18-10-9-16-5-4-6-17-11-12-19(15)21(18)20(16)17/h4-12H,1-3H3. The molecule has 0 unspecified atom stereocenters. The van der Waals surface area contributed by atoms with E-state index in [1.165, 1.54) is 32.3 Å². The van der Waals surface area contributed by atoms with Gasteiger partial charge in [0.15, 0.2) is 0 Å². The highest BCUT2D eigenvalue weighted by molar-refractivity contribution is 8.79. The number of rotatable bonds is 1. The fourth-order valence-electron chi connectivity index (χ4n) is 3.07. The zero-order valence-corrected chi connectivity index (χ0v) is 15.6. The van der Waals surface area contributed by atoms with Gasteiger partial charge in [-0.1, -0.05) is 86.0 Å². The average Bonchev–Trinajstić information content (AvgIpc) is 2.56. The first-order chi connectivity index (χ1) is 11.5. The molecular formula is C22H18S2. The van der Waals surface area contributed by atoms with Crippen molar-refractivity contribution in [2.75, 3.05) is 0 Å². The summed E-state index contributed by atoms with van der Waals surface area (Å²) in [6.45, 7) is 6.63. The molecule has 0 aromatic heterocycles. The Hall–Kier alpha value is -1.82. The molecule has 0 aliphatic rings. The molecule has 4 aromatic rings. The molecule has 0 bridgehead atoms. The van der Waals surface area contributed by atoms with Crippen LogP contribution in [0.4, 0.5) is 0 Å². The van der Waals surface area contributed by atoms with Crippen molar-refractivity contribution in [2.24, 2.45) is 0 Å². The molecule has 0 saturated carbocycles. The molecule has 0 spiro atoms. The third kappa shape index (κ3) is 2.83. The monoisotopic (exact) mass is 346 g/mol. The van der Waals surface area contributed by atoms with E-state index in [1.807, 2.05) is 10.8 Å². The Morgan fingerprint density at radius 3 is 2.08 bits per heavy atom. The summed E-state index contributed by atoms with van der Waals surface area (Å²) in [7, 11) is 3.44. The summed E-state index contributed by atoms with van der Waals surface area (Å²) in [5.74, 6) is 3.36. The summed E-state index contributed by atoms with van der Waals surface area (Å²) in [6, 6.07) is 19.7. The first-order valence-electron chi connectivity index (χ1n) is 8.05. The van der Waals surface area contributed by atoms with Gasteiger partial charge < -0.3 is 0 Å². The molecule has 0 radical (unpaired) electrons. The molecule has 0 aliphatic heterocycles. The molecule has 4 aromatic carbocycles. The summed E-state index contributed by atoms with van der Waals surface area (Å²) < 4.78 is 0.224. The second kappa shape index (κ2) is 5.92. The van der Waals surface area contributed by atoms with Crippen molar-refractivity contribution in [2.45, 2.75) is 25.5 Å². The minimum absolute atomic E-state index is 0.224. The number of hydrogen-bond acceptors (Lipinski definition) is 2. The van der Waals surface area contributed by atoms with Crippen molar-refractivity contribution in [3.05, 3.63) is 60.2 Å². The van der Waals surface area contributed by atoms with Crippen LogP contribution in [0.15, 0.2) is 54.6 Å². The van der Waals surface area contributed by atoms with Gasteiger partial charge in [-0.05, 0) is 54.4 Å². The Morgan fingerprint density at radius 1 is 0.750 bits per heavy atom. The van der Waals surface area contributed by atoms with Crippen molar-refractivity contribution < 1.29 is 0 Å². The Morgan fingerprint density at radius 2 is 1.38 bits per heavy atom. The van der Waals surface area contributed by atoms with Crippen LogP contribution in [-0.2, 0) is 0 Å². The summed E-state index contributed by atoms with van der Waals surface area (Å²) in [5.41, 5.74) is 1.11. The zero-order valence-electron chi connectivity index (χ0n) is 14.0. The summed E-state index contributed by atoms with van der Waals surface area (Å²) in [6.07, 6.45) is 0. The van der Waals surface area contributed by atoms with E-state index in [4.69, 9.17) is 0 Å². The van der Waals surface area contributed by atoms with E-state index in [0.717, 1.165) is 5.56 Å². The lowest BCUT2D eigenvalue weighted by atomic mass is 9.92. The van der Waals surface area contributed by atoms with E-state index in [9.17, 15) is 0 Å². The molecule has 0 saturated heterocycles. The smallest absolute Gasteiger partial charge is 0.0333 e. The van der Waals surface area contributed by atoms with Gasteiger partial charge in [-0.25, -0.2) is 0 Å². The second-order valence-electron chi connectivity index (χ2n) is 6.98. The van der Waals surface area contributed by atoms with Crippen molar-refractivity contribution in [1.29, 1.82) is 0 Å². The van der Waals surface area contributed by atoms with Gasteiger partial charge in [0, 0.05) is 10.3 Å². The Balaban J connectivity index is 1.87. The van der Waals surface area contributed by atoms with Crippen molar-refractivity contribution in [3.63, 3.8) is 0 Å². The van der Waals surface area contributed by atoms with Crippen LogP contribution in [0.5, 0.6) is 0 Å². The number of hydrogen-bond donors (Lipinski definition) is 0. The van der Waals surface area contributed by atoms with Gasteiger partial charge in [0.2, 0.25) is 0 Å². The average molecular weight is 347 g/mol. The van der Waals surface area contributed by atoms with Crippen molar-refractivity contribution in [3.8, 4) is 11.2 Å². The second-order valence-corrected chi connectivity index (χ2v) is 9.74. The summed E-state index contributed by atoms with van der Waals surface area (Å²) in [4.78, 5) is 0. The maximum atomic E-state index is 3.36. The quantitative estimate of drug-likeness (QED) is 0.205. The van der Waals surface area contributed by atoms with Crippen LogP contribution < -0.4 is 0 Å². The molecule has 118 valence electrons. The largest absolute Gasteiger partial charge is 0.0745 e. The lowest BCUT2D eigenvalue weighted by Gasteiger charge is -2.13. The van der Waals surface area contributed by atoms with Gasteiger partial charge in [-0.15, -0.1) is 0 Å². The van der Waals surface area contributed by atoms with Gasteiger partial charge >= 0.3 is 0 Å². The van der Waals surface area contributed by atoms with Crippen LogP contribution in [0.25, 0.3) is 32.3 Å². The third-order valence-corrected chi connectivity index (χ3v) is 6.82. The molecule has 0 atom stereocenters. The van der Waals surface area contributed by atoms with Gasteiger partial charge in [-0.3, -0.25) is 0 Å². The predicted molar refractivity (Wildman–Crippen MR) is 112 cm³/mol. The van der Waals surface area contributed by atoms with Crippen LogP contribution in [0.1, 0.15) is 26.3 Å². The lowest BCUT2D eigenvalue weighted by Crippen LogP contribution is -2.03. The fraction of sp³-hybridized carbons (Fsp3) is 0.182.